The fourth-order valence-corrected chi connectivity index (χ4v) is 1.02. The van der Waals surface area contributed by atoms with Crippen LogP contribution in [-0.4, -0.2) is 11.5 Å². The van der Waals surface area contributed by atoms with Crippen LogP contribution in [0.1, 0.15) is 12.5 Å². The minimum Gasteiger partial charge on any atom is -0.377 e. The van der Waals surface area contributed by atoms with E-state index in [1.165, 1.54) is 6.07 Å². The van der Waals surface area contributed by atoms with E-state index in [1.54, 1.807) is 18.2 Å². The van der Waals surface area contributed by atoms with E-state index in [1.807, 2.05) is 6.92 Å². The number of benzene rings is 1. The summed E-state index contributed by atoms with van der Waals surface area (Å²) in [7, 11) is 0. The Hall–Kier alpha value is -1.42. The highest BCUT2D eigenvalue weighted by atomic mass is 16.6. The van der Waals surface area contributed by atoms with Crippen molar-refractivity contribution in [1.29, 1.82) is 0 Å². The van der Waals surface area contributed by atoms with Gasteiger partial charge in [0, 0.05) is 12.7 Å². The van der Waals surface area contributed by atoms with Gasteiger partial charge in [0.15, 0.2) is 0 Å². The van der Waals surface area contributed by atoms with Crippen LogP contribution in [0.5, 0.6) is 0 Å². The maximum atomic E-state index is 10.5. The molecule has 0 heterocycles. The lowest BCUT2D eigenvalue weighted by Crippen LogP contribution is -1.97. The Morgan fingerprint density at radius 2 is 2.15 bits per heavy atom. The first-order valence-electron chi connectivity index (χ1n) is 4.05. The third-order valence-corrected chi connectivity index (χ3v) is 1.65. The molecule has 0 saturated heterocycles. The van der Waals surface area contributed by atoms with Crippen LogP contribution in [0.2, 0.25) is 0 Å². The SMILES string of the molecule is CCOCc1ccccc1[N+](=O)[O-]. The number of nitro groups is 1. The van der Waals surface area contributed by atoms with E-state index >= 15 is 0 Å². The summed E-state index contributed by atoms with van der Waals surface area (Å²) in [6.07, 6.45) is 0. The number of hydrogen-bond acceptors (Lipinski definition) is 3. The Labute approximate surface area is 76.3 Å². The first-order valence-corrected chi connectivity index (χ1v) is 4.05. The van der Waals surface area contributed by atoms with Crippen LogP contribution in [0.15, 0.2) is 24.3 Å². The molecule has 0 aliphatic heterocycles. The van der Waals surface area contributed by atoms with Gasteiger partial charge in [0.05, 0.1) is 17.1 Å². The standard InChI is InChI=1S/C9H11NO3/c1-2-13-7-8-5-3-4-6-9(8)10(11)12/h3-6H,2,7H2,1H3. The van der Waals surface area contributed by atoms with Gasteiger partial charge in [0.2, 0.25) is 0 Å². The summed E-state index contributed by atoms with van der Waals surface area (Å²) in [4.78, 5) is 10.1. The molecule has 0 fully saturated rings. The molecule has 0 radical (unpaired) electrons. The Balaban J connectivity index is 2.84. The number of hydrogen-bond donors (Lipinski definition) is 0. The van der Waals surface area contributed by atoms with E-state index in [0.717, 1.165) is 0 Å². The van der Waals surface area contributed by atoms with E-state index in [-0.39, 0.29) is 5.69 Å². The van der Waals surface area contributed by atoms with Crippen molar-refractivity contribution in [2.24, 2.45) is 0 Å². The molecule has 1 aromatic carbocycles. The Morgan fingerprint density at radius 3 is 2.77 bits per heavy atom. The summed E-state index contributed by atoms with van der Waals surface area (Å²) in [6.45, 7) is 2.72. The Kier molecular flexibility index (Phi) is 3.40. The zero-order valence-electron chi connectivity index (χ0n) is 7.40. The van der Waals surface area contributed by atoms with Crippen LogP contribution < -0.4 is 0 Å². The molecule has 4 nitrogen and oxygen atoms in total. The molecule has 0 N–H and O–H groups in total. The van der Waals surface area contributed by atoms with Crippen LogP contribution in [0.4, 0.5) is 5.69 Å². The maximum Gasteiger partial charge on any atom is 0.274 e. The van der Waals surface area contributed by atoms with Gasteiger partial charge in [-0.05, 0) is 13.0 Å². The topological polar surface area (TPSA) is 52.4 Å². The first kappa shape index (κ1) is 9.67. The highest BCUT2D eigenvalue weighted by Crippen LogP contribution is 2.17. The third kappa shape index (κ3) is 2.52. The van der Waals surface area contributed by atoms with Gasteiger partial charge in [0.1, 0.15) is 0 Å². The molecule has 70 valence electrons. The van der Waals surface area contributed by atoms with Gasteiger partial charge in [-0.2, -0.15) is 0 Å². The molecule has 4 heteroatoms. The van der Waals surface area contributed by atoms with E-state index in [4.69, 9.17) is 4.74 Å². The maximum absolute atomic E-state index is 10.5. The van der Waals surface area contributed by atoms with Crippen molar-refractivity contribution in [2.45, 2.75) is 13.5 Å². The Morgan fingerprint density at radius 1 is 1.46 bits per heavy atom. The third-order valence-electron chi connectivity index (χ3n) is 1.65. The summed E-state index contributed by atoms with van der Waals surface area (Å²) >= 11 is 0. The van der Waals surface area contributed by atoms with Crippen LogP contribution in [0, 0.1) is 10.1 Å². The minimum atomic E-state index is -0.394. The second-order valence-electron chi connectivity index (χ2n) is 2.52. The van der Waals surface area contributed by atoms with Gasteiger partial charge < -0.3 is 4.74 Å². The molecule has 0 atom stereocenters. The number of nitro benzene ring substituents is 1. The summed E-state index contributed by atoms with van der Waals surface area (Å²) in [5.41, 5.74) is 0.741. The van der Waals surface area contributed by atoms with Crippen molar-refractivity contribution in [1.82, 2.24) is 0 Å². The van der Waals surface area contributed by atoms with Crippen LogP contribution in [0.25, 0.3) is 0 Å². The molecule has 0 amide bonds. The van der Waals surface area contributed by atoms with Gasteiger partial charge >= 0.3 is 0 Å². The quantitative estimate of drug-likeness (QED) is 0.528. The zero-order valence-corrected chi connectivity index (χ0v) is 7.40. The van der Waals surface area contributed by atoms with Crippen LogP contribution in [0.3, 0.4) is 0 Å². The summed E-state index contributed by atoms with van der Waals surface area (Å²) in [5, 5.41) is 10.5. The average Bonchev–Trinajstić information content (AvgIpc) is 2.15. The smallest absolute Gasteiger partial charge is 0.274 e. The lowest BCUT2D eigenvalue weighted by molar-refractivity contribution is -0.385. The van der Waals surface area contributed by atoms with Crippen molar-refractivity contribution in [3.63, 3.8) is 0 Å². The lowest BCUT2D eigenvalue weighted by Gasteiger charge is -2.01. The fraction of sp³-hybridized carbons (Fsp3) is 0.333. The van der Waals surface area contributed by atoms with Gasteiger partial charge in [-0.15, -0.1) is 0 Å². The van der Waals surface area contributed by atoms with Crippen molar-refractivity contribution in [2.75, 3.05) is 6.61 Å². The van der Waals surface area contributed by atoms with Gasteiger partial charge in [0.25, 0.3) is 5.69 Å². The molecule has 1 rings (SSSR count). The first-order chi connectivity index (χ1) is 6.25. The summed E-state index contributed by atoms with van der Waals surface area (Å²) in [5.74, 6) is 0. The molecule has 0 aliphatic rings. The largest absolute Gasteiger partial charge is 0.377 e. The van der Waals surface area contributed by atoms with Crippen LogP contribution >= 0.6 is 0 Å². The molecular formula is C9H11NO3. The lowest BCUT2D eigenvalue weighted by atomic mass is 10.2. The Bertz CT molecular complexity index is 299. The van der Waals surface area contributed by atoms with E-state index < -0.39 is 4.92 Å². The number of rotatable bonds is 4. The molecule has 0 aromatic heterocycles. The second-order valence-corrected chi connectivity index (χ2v) is 2.52. The van der Waals surface area contributed by atoms with Gasteiger partial charge in [-0.25, -0.2) is 0 Å². The molecule has 0 spiro atoms. The van der Waals surface area contributed by atoms with E-state index in [2.05, 4.69) is 0 Å². The predicted octanol–water partition coefficient (Wildman–Crippen LogP) is 2.13. The fourth-order valence-electron chi connectivity index (χ4n) is 1.02. The number of ether oxygens (including phenoxy) is 1. The molecule has 0 saturated carbocycles. The molecule has 1 aromatic rings. The number of para-hydroxylation sites is 1. The molecule has 0 aliphatic carbocycles. The van der Waals surface area contributed by atoms with Gasteiger partial charge in [-0.3, -0.25) is 10.1 Å². The summed E-state index contributed by atoms with van der Waals surface area (Å²) < 4.78 is 5.11. The molecule has 0 bridgehead atoms. The highest BCUT2D eigenvalue weighted by molar-refractivity contribution is 5.39. The van der Waals surface area contributed by atoms with Crippen molar-refractivity contribution < 1.29 is 9.66 Å². The summed E-state index contributed by atoms with van der Waals surface area (Å²) in [6, 6.07) is 6.59. The molecule has 0 unspecified atom stereocenters. The minimum absolute atomic E-state index is 0.121. The second kappa shape index (κ2) is 4.57. The highest BCUT2D eigenvalue weighted by Gasteiger charge is 2.11. The van der Waals surface area contributed by atoms with Crippen LogP contribution in [-0.2, 0) is 11.3 Å². The average molecular weight is 181 g/mol. The van der Waals surface area contributed by atoms with E-state index in [0.29, 0.717) is 18.8 Å². The monoisotopic (exact) mass is 181 g/mol. The van der Waals surface area contributed by atoms with Crippen molar-refractivity contribution in [3.8, 4) is 0 Å². The van der Waals surface area contributed by atoms with Crippen molar-refractivity contribution >= 4 is 5.69 Å². The molecule has 13 heavy (non-hydrogen) atoms. The van der Waals surface area contributed by atoms with Crippen molar-refractivity contribution in [3.05, 3.63) is 39.9 Å². The van der Waals surface area contributed by atoms with Gasteiger partial charge in [-0.1, -0.05) is 12.1 Å². The number of nitrogens with zero attached hydrogens (tertiary/aromatic N) is 1. The molecular weight excluding hydrogens is 170 g/mol. The van der Waals surface area contributed by atoms with E-state index in [9.17, 15) is 10.1 Å². The predicted molar refractivity (Wildman–Crippen MR) is 48.4 cm³/mol. The normalized spacial score (nSPS) is 9.92. The zero-order chi connectivity index (χ0) is 9.68.